The van der Waals surface area contributed by atoms with E-state index in [1.165, 1.54) is 0 Å². The first-order valence-electron chi connectivity index (χ1n) is 7.69. The van der Waals surface area contributed by atoms with Gasteiger partial charge in [-0.3, -0.25) is 0 Å². The van der Waals surface area contributed by atoms with Crippen molar-refractivity contribution in [3.63, 3.8) is 0 Å². The van der Waals surface area contributed by atoms with Gasteiger partial charge >= 0.3 is 0 Å². The molecule has 2 aromatic carbocycles. The van der Waals surface area contributed by atoms with Crippen molar-refractivity contribution in [2.24, 2.45) is 0 Å². The van der Waals surface area contributed by atoms with Crippen LogP contribution in [-0.2, 0) is 6.54 Å². The van der Waals surface area contributed by atoms with Crippen molar-refractivity contribution in [3.8, 4) is 11.5 Å². The molecule has 0 fully saturated rings. The molecule has 0 amide bonds. The molecule has 2 aromatic heterocycles. The lowest BCUT2D eigenvalue weighted by Gasteiger charge is -2.08. The van der Waals surface area contributed by atoms with E-state index in [0.29, 0.717) is 33.9 Å². The predicted molar refractivity (Wildman–Crippen MR) is 101 cm³/mol. The molecule has 0 atom stereocenters. The predicted octanol–water partition coefficient (Wildman–Crippen LogP) is 5.81. The molecule has 4 nitrogen and oxygen atoms in total. The maximum absolute atomic E-state index is 6.02. The van der Waals surface area contributed by atoms with E-state index in [0.717, 1.165) is 16.6 Å². The van der Waals surface area contributed by atoms with Crippen LogP contribution in [0.25, 0.3) is 22.6 Å². The Bertz CT molecular complexity index is 1030. The van der Waals surface area contributed by atoms with E-state index in [-0.39, 0.29) is 0 Å². The summed E-state index contributed by atoms with van der Waals surface area (Å²) in [6.07, 6.45) is 1.73. The summed E-state index contributed by atoms with van der Waals surface area (Å²) < 4.78 is 5.85. The lowest BCUT2D eigenvalue weighted by Crippen LogP contribution is -2.02. The highest BCUT2D eigenvalue weighted by Gasteiger charge is 2.13. The summed E-state index contributed by atoms with van der Waals surface area (Å²) in [6.45, 7) is 0.618. The van der Waals surface area contributed by atoms with Crippen molar-refractivity contribution in [2.75, 3.05) is 5.32 Å². The molecule has 124 valence electrons. The largest absolute Gasteiger partial charge is 0.436 e. The Morgan fingerprint density at radius 3 is 2.60 bits per heavy atom. The molecule has 0 aliphatic rings. The Morgan fingerprint density at radius 2 is 1.76 bits per heavy atom. The lowest BCUT2D eigenvalue weighted by molar-refractivity contribution is 0.619. The molecule has 4 aromatic rings. The third kappa shape index (κ3) is 3.45. The molecule has 0 bridgehead atoms. The van der Waals surface area contributed by atoms with Gasteiger partial charge < -0.3 is 9.73 Å². The van der Waals surface area contributed by atoms with Crippen LogP contribution in [0.5, 0.6) is 0 Å². The molecule has 0 spiro atoms. The summed E-state index contributed by atoms with van der Waals surface area (Å²) in [6, 6.07) is 16.8. The van der Waals surface area contributed by atoms with Crippen LogP contribution in [0.15, 0.2) is 65.2 Å². The first-order chi connectivity index (χ1) is 12.2. The van der Waals surface area contributed by atoms with Gasteiger partial charge in [-0.25, -0.2) is 9.97 Å². The summed E-state index contributed by atoms with van der Waals surface area (Å²) >= 11 is 11.9. The Kier molecular flexibility index (Phi) is 4.30. The van der Waals surface area contributed by atoms with Gasteiger partial charge in [0.15, 0.2) is 5.58 Å². The minimum atomic E-state index is 0.504. The first-order valence-corrected chi connectivity index (χ1v) is 8.44. The van der Waals surface area contributed by atoms with Crippen LogP contribution < -0.4 is 5.32 Å². The van der Waals surface area contributed by atoms with E-state index in [9.17, 15) is 0 Å². The van der Waals surface area contributed by atoms with Gasteiger partial charge in [-0.1, -0.05) is 35.3 Å². The molecule has 6 heteroatoms. The fraction of sp³-hybridized carbons (Fsp3) is 0.0526. The minimum Gasteiger partial charge on any atom is -0.436 e. The summed E-state index contributed by atoms with van der Waals surface area (Å²) in [5.74, 6) is 1.21. The first kappa shape index (κ1) is 15.9. The number of hydrogen-bond donors (Lipinski definition) is 1. The average Bonchev–Trinajstić information content (AvgIpc) is 3.04. The fourth-order valence-electron chi connectivity index (χ4n) is 2.52. The van der Waals surface area contributed by atoms with Gasteiger partial charge in [-0.2, -0.15) is 0 Å². The zero-order valence-electron chi connectivity index (χ0n) is 13.0. The van der Waals surface area contributed by atoms with Crippen molar-refractivity contribution < 1.29 is 4.42 Å². The molecule has 2 heterocycles. The monoisotopic (exact) mass is 369 g/mol. The zero-order valence-corrected chi connectivity index (χ0v) is 14.6. The Balaban J connectivity index is 1.64. The number of oxazole rings is 1. The summed E-state index contributed by atoms with van der Waals surface area (Å²) in [5, 5.41) is 4.66. The van der Waals surface area contributed by atoms with Gasteiger partial charge in [0.1, 0.15) is 11.3 Å². The minimum absolute atomic E-state index is 0.504. The molecule has 0 unspecified atom stereocenters. The number of fused-ring (bicyclic) bond motifs is 1. The number of pyridine rings is 1. The molecule has 0 aliphatic carbocycles. The molecule has 25 heavy (non-hydrogen) atoms. The van der Waals surface area contributed by atoms with Gasteiger partial charge in [-0.05, 0) is 48.0 Å². The molecule has 1 N–H and O–H groups in total. The van der Waals surface area contributed by atoms with E-state index >= 15 is 0 Å². The van der Waals surface area contributed by atoms with E-state index in [1.807, 2.05) is 42.5 Å². The number of aromatic nitrogens is 2. The maximum Gasteiger partial charge on any atom is 0.231 e. The molecule has 0 saturated carbocycles. The number of nitrogens with zero attached hydrogens (tertiary/aromatic N) is 2. The number of hydrogen-bond acceptors (Lipinski definition) is 4. The van der Waals surface area contributed by atoms with Gasteiger partial charge in [0, 0.05) is 22.8 Å². The van der Waals surface area contributed by atoms with Crippen LogP contribution in [0.1, 0.15) is 5.56 Å². The van der Waals surface area contributed by atoms with Crippen molar-refractivity contribution in [1.29, 1.82) is 0 Å². The lowest BCUT2D eigenvalue weighted by atomic mass is 10.2. The van der Waals surface area contributed by atoms with Gasteiger partial charge in [0.05, 0.1) is 5.56 Å². The quantitative estimate of drug-likeness (QED) is 0.493. The second-order valence-corrected chi connectivity index (χ2v) is 6.38. The molecular formula is C19H13Cl2N3O. The second-order valence-electron chi connectivity index (χ2n) is 5.51. The molecule has 0 saturated heterocycles. The van der Waals surface area contributed by atoms with Crippen molar-refractivity contribution in [2.45, 2.75) is 6.54 Å². The molecular weight excluding hydrogens is 357 g/mol. The van der Waals surface area contributed by atoms with Crippen LogP contribution in [0.3, 0.4) is 0 Å². The van der Waals surface area contributed by atoms with E-state index in [4.69, 9.17) is 27.6 Å². The van der Waals surface area contributed by atoms with Crippen LogP contribution in [0.4, 0.5) is 5.82 Å². The number of anilines is 1. The third-order valence-electron chi connectivity index (χ3n) is 3.76. The van der Waals surface area contributed by atoms with Gasteiger partial charge in [-0.15, -0.1) is 0 Å². The fourth-order valence-corrected chi connectivity index (χ4v) is 2.81. The van der Waals surface area contributed by atoms with Crippen LogP contribution >= 0.6 is 23.2 Å². The second kappa shape index (κ2) is 6.75. The topological polar surface area (TPSA) is 51.0 Å². The van der Waals surface area contributed by atoms with Crippen molar-refractivity contribution in [1.82, 2.24) is 9.97 Å². The van der Waals surface area contributed by atoms with Gasteiger partial charge in [0.25, 0.3) is 0 Å². The van der Waals surface area contributed by atoms with Crippen molar-refractivity contribution >= 4 is 40.1 Å². The highest BCUT2D eigenvalue weighted by atomic mass is 35.5. The number of rotatable bonds is 4. The number of nitrogens with one attached hydrogen (secondary N) is 1. The summed E-state index contributed by atoms with van der Waals surface area (Å²) in [4.78, 5) is 8.93. The normalized spacial score (nSPS) is 11.0. The van der Waals surface area contributed by atoms with Crippen LogP contribution in [0, 0.1) is 0 Å². The van der Waals surface area contributed by atoms with Crippen molar-refractivity contribution in [3.05, 3.63) is 76.4 Å². The highest BCUT2D eigenvalue weighted by Crippen LogP contribution is 2.30. The molecule has 0 radical (unpaired) electrons. The van der Waals surface area contributed by atoms with E-state index in [2.05, 4.69) is 15.3 Å². The molecule has 4 rings (SSSR count). The third-order valence-corrected chi connectivity index (χ3v) is 4.25. The smallest absolute Gasteiger partial charge is 0.231 e. The number of halogens is 2. The summed E-state index contributed by atoms with van der Waals surface area (Å²) in [7, 11) is 0. The summed E-state index contributed by atoms with van der Waals surface area (Å²) in [5.41, 5.74) is 3.30. The van der Waals surface area contributed by atoms with Crippen LogP contribution in [0.2, 0.25) is 10.0 Å². The Morgan fingerprint density at radius 1 is 0.960 bits per heavy atom. The van der Waals surface area contributed by atoms with Gasteiger partial charge in [0.2, 0.25) is 5.89 Å². The van der Waals surface area contributed by atoms with Crippen LogP contribution in [-0.4, -0.2) is 9.97 Å². The molecule has 0 aliphatic heterocycles. The highest BCUT2D eigenvalue weighted by molar-refractivity contribution is 6.31. The standard InChI is InChI=1S/C19H13Cl2N3O/c20-13-5-3-12(4-6-13)11-23-18-15(2-1-9-22-18)19-24-16-10-14(21)7-8-17(16)25-19/h1-10H,11H2,(H,22,23). The Hall–Kier alpha value is -2.56. The van der Waals surface area contributed by atoms with E-state index < -0.39 is 0 Å². The zero-order chi connectivity index (χ0) is 17.2. The maximum atomic E-state index is 6.02. The Labute approximate surface area is 154 Å². The number of benzene rings is 2. The van der Waals surface area contributed by atoms with E-state index in [1.54, 1.807) is 18.3 Å². The SMILES string of the molecule is Clc1ccc(CNc2ncccc2-c2nc3cc(Cl)ccc3o2)cc1. The average molecular weight is 370 g/mol.